The molecule has 0 bridgehead atoms. The molecular formula is C29H29BrClFN2O4. The van der Waals surface area contributed by atoms with Gasteiger partial charge in [0.15, 0.2) is 0 Å². The first-order valence-electron chi connectivity index (χ1n) is 12.1. The summed E-state index contributed by atoms with van der Waals surface area (Å²) >= 11 is 9.99. The molecule has 0 N–H and O–H groups in total. The van der Waals surface area contributed by atoms with Gasteiger partial charge >= 0.3 is 6.09 Å². The molecule has 9 heteroatoms. The van der Waals surface area contributed by atoms with Crippen molar-refractivity contribution in [2.75, 3.05) is 20.2 Å². The van der Waals surface area contributed by atoms with Gasteiger partial charge in [0.05, 0.1) is 23.6 Å². The minimum Gasteiger partial charge on any atom is -0.490 e. The summed E-state index contributed by atoms with van der Waals surface area (Å²) in [6.45, 7) is 6.29. The van der Waals surface area contributed by atoms with Crippen LogP contribution in [0.2, 0.25) is 5.02 Å². The van der Waals surface area contributed by atoms with Crippen LogP contribution in [-0.2, 0) is 11.3 Å². The van der Waals surface area contributed by atoms with Crippen LogP contribution < -0.4 is 4.74 Å². The van der Waals surface area contributed by atoms with E-state index in [2.05, 4.69) is 15.9 Å². The third-order valence-corrected chi connectivity index (χ3v) is 6.98. The highest BCUT2D eigenvalue weighted by Crippen LogP contribution is 2.37. The highest BCUT2D eigenvalue weighted by molar-refractivity contribution is 9.10. The Morgan fingerprint density at radius 3 is 2.50 bits per heavy atom. The Balaban J connectivity index is 1.69. The first-order chi connectivity index (χ1) is 17.9. The van der Waals surface area contributed by atoms with Crippen molar-refractivity contribution >= 4 is 39.5 Å². The SMILES string of the molecule is CN(C(=O)c1cc(Br)c2c(c1)CN(C(=O)OC(C)(C)C)CCO2)C(c1ccccc1)c1ccc(F)cc1Cl. The zero-order chi connectivity index (χ0) is 27.6. The first-order valence-corrected chi connectivity index (χ1v) is 13.3. The quantitative estimate of drug-likeness (QED) is 0.316. The summed E-state index contributed by atoms with van der Waals surface area (Å²) in [7, 11) is 1.68. The summed E-state index contributed by atoms with van der Waals surface area (Å²) in [6, 6.07) is 16.5. The maximum absolute atomic E-state index is 13.9. The van der Waals surface area contributed by atoms with Crippen LogP contribution in [0.4, 0.5) is 9.18 Å². The van der Waals surface area contributed by atoms with E-state index in [-0.39, 0.29) is 24.1 Å². The molecule has 1 atom stereocenters. The molecule has 0 saturated heterocycles. The third-order valence-electron chi connectivity index (χ3n) is 6.07. The molecular weight excluding hydrogens is 575 g/mol. The van der Waals surface area contributed by atoms with E-state index in [0.717, 1.165) is 5.56 Å². The van der Waals surface area contributed by atoms with Crippen LogP contribution in [0.25, 0.3) is 0 Å². The fourth-order valence-corrected chi connectivity index (χ4v) is 5.26. The van der Waals surface area contributed by atoms with Crippen molar-refractivity contribution in [2.45, 2.75) is 39.0 Å². The van der Waals surface area contributed by atoms with Crippen LogP contribution in [0.5, 0.6) is 5.75 Å². The van der Waals surface area contributed by atoms with Crippen LogP contribution in [0.3, 0.4) is 0 Å². The van der Waals surface area contributed by atoms with E-state index in [1.165, 1.54) is 12.1 Å². The van der Waals surface area contributed by atoms with Crippen molar-refractivity contribution in [3.63, 3.8) is 0 Å². The van der Waals surface area contributed by atoms with Crippen molar-refractivity contribution in [3.05, 3.63) is 98.2 Å². The van der Waals surface area contributed by atoms with Gasteiger partial charge in [-0.2, -0.15) is 0 Å². The molecule has 0 fully saturated rings. The van der Waals surface area contributed by atoms with Gasteiger partial charge in [-0.05, 0) is 72.1 Å². The number of hydrogen-bond donors (Lipinski definition) is 0. The maximum atomic E-state index is 13.9. The van der Waals surface area contributed by atoms with E-state index in [9.17, 15) is 14.0 Å². The standard InChI is InChI=1S/C29H29BrClFN2O4/c1-29(2,3)38-28(36)34-12-13-37-26-20(17-34)14-19(15-23(26)30)27(35)33(4)25(18-8-6-5-7-9-18)22-11-10-21(32)16-24(22)31/h5-11,14-16,25H,12-13,17H2,1-4H3. The number of hydrogen-bond acceptors (Lipinski definition) is 4. The molecule has 38 heavy (non-hydrogen) atoms. The number of nitrogens with zero attached hydrogens (tertiary/aromatic N) is 2. The zero-order valence-electron chi connectivity index (χ0n) is 21.6. The summed E-state index contributed by atoms with van der Waals surface area (Å²) in [5.41, 5.74) is 1.86. The van der Waals surface area contributed by atoms with Gasteiger partial charge in [-0.15, -0.1) is 0 Å². The molecule has 0 aromatic heterocycles. The van der Waals surface area contributed by atoms with Crippen molar-refractivity contribution in [1.82, 2.24) is 9.80 Å². The average molecular weight is 604 g/mol. The third kappa shape index (κ3) is 6.30. The molecule has 0 saturated carbocycles. The molecule has 4 rings (SSSR count). The summed E-state index contributed by atoms with van der Waals surface area (Å²) in [4.78, 5) is 29.8. The van der Waals surface area contributed by atoms with Gasteiger partial charge in [0, 0.05) is 23.2 Å². The van der Waals surface area contributed by atoms with Crippen molar-refractivity contribution in [3.8, 4) is 5.75 Å². The lowest BCUT2D eigenvalue weighted by atomic mass is 9.96. The Morgan fingerprint density at radius 1 is 1.13 bits per heavy atom. The molecule has 0 spiro atoms. The van der Waals surface area contributed by atoms with Crippen LogP contribution in [0.1, 0.15) is 53.9 Å². The van der Waals surface area contributed by atoms with Gasteiger partial charge in [0.2, 0.25) is 0 Å². The van der Waals surface area contributed by atoms with E-state index in [1.807, 2.05) is 51.1 Å². The van der Waals surface area contributed by atoms with Crippen molar-refractivity contribution in [1.29, 1.82) is 0 Å². The van der Waals surface area contributed by atoms with E-state index in [0.29, 0.717) is 33.5 Å². The van der Waals surface area contributed by atoms with Crippen LogP contribution in [0, 0.1) is 5.82 Å². The highest BCUT2D eigenvalue weighted by Gasteiger charge is 2.30. The lowest BCUT2D eigenvalue weighted by Crippen LogP contribution is -2.37. The Labute approximate surface area is 235 Å². The molecule has 1 unspecified atom stereocenters. The summed E-state index contributed by atoms with van der Waals surface area (Å²) in [6.07, 6.45) is -0.450. The van der Waals surface area contributed by atoms with Crippen LogP contribution in [-0.4, -0.2) is 47.6 Å². The second kappa shape index (κ2) is 11.3. The molecule has 3 aromatic rings. The second-order valence-electron chi connectivity index (χ2n) is 10.1. The van der Waals surface area contributed by atoms with E-state index in [4.69, 9.17) is 21.1 Å². The van der Waals surface area contributed by atoms with Gasteiger partial charge in [-0.3, -0.25) is 4.79 Å². The van der Waals surface area contributed by atoms with Gasteiger partial charge in [0.1, 0.15) is 23.8 Å². The number of carbonyl (C=O) groups excluding carboxylic acids is 2. The molecule has 0 radical (unpaired) electrons. The lowest BCUT2D eigenvalue weighted by Gasteiger charge is -2.30. The van der Waals surface area contributed by atoms with E-state index < -0.39 is 23.6 Å². The van der Waals surface area contributed by atoms with E-state index in [1.54, 1.807) is 35.0 Å². The first kappa shape index (κ1) is 27.9. The Morgan fingerprint density at radius 2 is 1.84 bits per heavy atom. The summed E-state index contributed by atoms with van der Waals surface area (Å²) < 4.78 is 25.9. The predicted octanol–water partition coefficient (Wildman–Crippen LogP) is 7.23. The molecule has 2 amide bonds. The number of benzene rings is 3. The van der Waals surface area contributed by atoms with Crippen molar-refractivity contribution < 1.29 is 23.5 Å². The largest absolute Gasteiger partial charge is 0.490 e. The summed E-state index contributed by atoms with van der Waals surface area (Å²) in [5.74, 6) is -0.156. The van der Waals surface area contributed by atoms with Crippen LogP contribution in [0.15, 0.2) is 65.1 Å². The van der Waals surface area contributed by atoms with Gasteiger partial charge in [-0.1, -0.05) is 48.0 Å². The smallest absolute Gasteiger partial charge is 0.410 e. The lowest BCUT2D eigenvalue weighted by molar-refractivity contribution is 0.0225. The molecule has 3 aromatic carbocycles. The summed E-state index contributed by atoms with van der Waals surface area (Å²) in [5, 5.41) is 0.225. The number of rotatable bonds is 4. The Hall–Kier alpha value is -3.10. The van der Waals surface area contributed by atoms with Gasteiger partial charge < -0.3 is 19.3 Å². The fraction of sp³-hybridized carbons (Fsp3) is 0.310. The fourth-order valence-electron chi connectivity index (χ4n) is 4.37. The number of amides is 2. The Bertz CT molecular complexity index is 1350. The zero-order valence-corrected chi connectivity index (χ0v) is 24.0. The normalized spacial score (nSPS) is 14.1. The number of fused-ring (bicyclic) bond motifs is 1. The molecule has 1 aliphatic heterocycles. The van der Waals surface area contributed by atoms with Crippen LogP contribution >= 0.6 is 27.5 Å². The second-order valence-corrected chi connectivity index (χ2v) is 11.4. The van der Waals surface area contributed by atoms with Crippen molar-refractivity contribution in [2.24, 2.45) is 0 Å². The Kier molecular flexibility index (Phi) is 8.33. The number of ether oxygens (including phenoxy) is 2. The topological polar surface area (TPSA) is 59.1 Å². The average Bonchev–Trinajstić information content (AvgIpc) is 3.08. The molecule has 0 aliphatic carbocycles. The molecule has 200 valence electrons. The minimum absolute atomic E-state index is 0.222. The minimum atomic E-state index is -0.637. The molecule has 1 aliphatic rings. The highest BCUT2D eigenvalue weighted by atomic mass is 79.9. The molecule has 6 nitrogen and oxygen atoms in total. The van der Waals surface area contributed by atoms with Gasteiger partial charge in [0.25, 0.3) is 5.91 Å². The maximum Gasteiger partial charge on any atom is 0.410 e. The molecule has 1 heterocycles. The predicted molar refractivity (Wildman–Crippen MR) is 148 cm³/mol. The van der Waals surface area contributed by atoms with E-state index >= 15 is 0 Å². The van der Waals surface area contributed by atoms with Gasteiger partial charge in [-0.25, -0.2) is 9.18 Å². The monoisotopic (exact) mass is 602 g/mol. The number of carbonyl (C=O) groups is 2. The number of halogens is 3.